The number of carbonyl (C=O) groups is 1. The number of hydrogen-bond acceptors (Lipinski definition) is 6. The van der Waals surface area contributed by atoms with Gasteiger partial charge >= 0.3 is 0 Å². The molecule has 9 nitrogen and oxygen atoms in total. The molecule has 138 valence electrons. The van der Waals surface area contributed by atoms with Gasteiger partial charge in [-0.15, -0.1) is 5.10 Å². The monoisotopic (exact) mass is 358 g/mol. The van der Waals surface area contributed by atoms with E-state index in [4.69, 9.17) is 9.47 Å². The van der Waals surface area contributed by atoms with Crippen LogP contribution in [0, 0.1) is 0 Å². The summed E-state index contributed by atoms with van der Waals surface area (Å²) in [7, 11) is 0. The number of aromatic nitrogens is 5. The number of nitrogens with zero attached hydrogens (tertiary/aromatic N) is 5. The van der Waals surface area contributed by atoms with Gasteiger partial charge in [0.1, 0.15) is 6.54 Å². The average molecular weight is 358 g/mol. The number of carbonyl (C=O) groups excluding carboxylic acids is 1. The van der Waals surface area contributed by atoms with E-state index in [1.165, 1.54) is 23.3 Å². The maximum absolute atomic E-state index is 12.3. The second kappa shape index (κ2) is 9.18. The van der Waals surface area contributed by atoms with E-state index in [0.717, 1.165) is 4.68 Å². The molecule has 0 spiro atoms. The Labute approximate surface area is 142 Å². The maximum Gasteiger partial charge on any atom is 0.277 e. The molecule has 0 atom stereocenters. The molecule has 0 aliphatic rings. The van der Waals surface area contributed by atoms with Crippen LogP contribution in [0.4, 0.5) is 14.5 Å². The zero-order valence-corrected chi connectivity index (χ0v) is 13.9. The molecular formula is C14H20F2N6O3. The van der Waals surface area contributed by atoms with Gasteiger partial charge in [0.25, 0.3) is 12.3 Å². The molecular weight excluding hydrogens is 338 g/mol. The highest BCUT2D eigenvalue weighted by Crippen LogP contribution is 2.09. The second-order valence-electron chi connectivity index (χ2n) is 4.96. The van der Waals surface area contributed by atoms with Crippen molar-refractivity contribution in [3.63, 3.8) is 0 Å². The first-order chi connectivity index (χ1) is 12.0. The molecule has 2 heterocycles. The summed E-state index contributed by atoms with van der Waals surface area (Å²) >= 11 is 0. The van der Waals surface area contributed by atoms with E-state index in [1.54, 1.807) is 0 Å². The fraction of sp³-hybridized carbons (Fsp3) is 0.571. The Morgan fingerprint density at radius 3 is 2.56 bits per heavy atom. The largest absolute Gasteiger partial charge is 0.351 e. The average Bonchev–Trinajstić information content (AvgIpc) is 3.17. The molecule has 0 unspecified atom stereocenters. The Hall–Kier alpha value is -2.40. The van der Waals surface area contributed by atoms with Crippen LogP contribution in [0.5, 0.6) is 0 Å². The minimum Gasteiger partial charge on any atom is -0.351 e. The highest BCUT2D eigenvalue weighted by molar-refractivity contribution is 6.02. The number of nitrogens with one attached hydrogen (secondary N) is 1. The summed E-state index contributed by atoms with van der Waals surface area (Å²) in [5, 5.41) is 13.9. The maximum atomic E-state index is 12.3. The highest BCUT2D eigenvalue weighted by atomic mass is 19.3. The van der Waals surface area contributed by atoms with E-state index in [-0.39, 0.29) is 12.2 Å². The predicted molar refractivity (Wildman–Crippen MR) is 83.2 cm³/mol. The third-order valence-electron chi connectivity index (χ3n) is 3.03. The van der Waals surface area contributed by atoms with Crippen LogP contribution in [0.2, 0.25) is 0 Å². The van der Waals surface area contributed by atoms with Crippen molar-refractivity contribution in [2.75, 3.05) is 18.5 Å². The lowest BCUT2D eigenvalue weighted by Crippen LogP contribution is -2.24. The molecule has 1 amide bonds. The third kappa shape index (κ3) is 5.87. The smallest absolute Gasteiger partial charge is 0.277 e. The number of alkyl halides is 2. The van der Waals surface area contributed by atoms with Crippen molar-refractivity contribution in [2.24, 2.45) is 0 Å². The van der Waals surface area contributed by atoms with Crippen LogP contribution in [-0.4, -0.2) is 56.6 Å². The zero-order chi connectivity index (χ0) is 18.2. The quantitative estimate of drug-likeness (QED) is 0.645. The first-order valence-corrected chi connectivity index (χ1v) is 7.77. The molecule has 0 radical (unpaired) electrons. The van der Waals surface area contributed by atoms with Crippen molar-refractivity contribution in [1.82, 2.24) is 24.8 Å². The Balaban J connectivity index is 1.94. The molecule has 25 heavy (non-hydrogen) atoms. The zero-order valence-electron chi connectivity index (χ0n) is 13.9. The summed E-state index contributed by atoms with van der Waals surface area (Å²) in [6, 6.07) is 0. The SMILES string of the molecule is CCOC(Cn1cc(C(=O)Nc2cnn(CC(F)F)c2)nn1)OCC. The minimum atomic E-state index is -2.52. The normalized spacial score (nSPS) is 11.4. The summed E-state index contributed by atoms with van der Waals surface area (Å²) in [5.41, 5.74) is 0.370. The fourth-order valence-electron chi connectivity index (χ4n) is 2.03. The van der Waals surface area contributed by atoms with Gasteiger partial charge < -0.3 is 14.8 Å². The summed E-state index contributed by atoms with van der Waals surface area (Å²) in [6.07, 6.45) is 1.04. The lowest BCUT2D eigenvalue weighted by Gasteiger charge is -2.16. The standard InChI is InChI=1S/C14H20F2N6O3/c1-3-24-13(25-4-2)9-22-7-11(19-20-22)14(23)18-10-5-17-21(6-10)8-12(15)16/h5-7,12-13H,3-4,8-9H2,1-2H3,(H,18,23). The molecule has 0 bridgehead atoms. The van der Waals surface area contributed by atoms with Crippen molar-refractivity contribution in [1.29, 1.82) is 0 Å². The van der Waals surface area contributed by atoms with Gasteiger partial charge in [0, 0.05) is 19.4 Å². The summed E-state index contributed by atoms with van der Waals surface area (Å²) < 4.78 is 37.9. The first-order valence-electron chi connectivity index (χ1n) is 7.77. The van der Waals surface area contributed by atoms with Crippen molar-refractivity contribution >= 4 is 11.6 Å². The lowest BCUT2D eigenvalue weighted by molar-refractivity contribution is -0.145. The highest BCUT2D eigenvalue weighted by Gasteiger charge is 2.15. The van der Waals surface area contributed by atoms with Gasteiger partial charge in [0.05, 0.1) is 24.6 Å². The van der Waals surface area contributed by atoms with E-state index in [2.05, 4.69) is 20.7 Å². The Bertz CT molecular complexity index is 669. The van der Waals surface area contributed by atoms with Crippen LogP contribution in [0.3, 0.4) is 0 Å². The molecule has 2 aromatic rings. The number of anilines is 1. The molecule has 1 N–H and O–H groups in total. The van der Waals surface area contributed by atoms with Gasteiger partial charge in [-0.05, 0) is 13.8 Å². The number of amides is 1. The lowest BCUT2D eigenvalue weighted by atomic mass is 10.4. The number of hydrogen-bond donors (Lipinski definition) is 1. The third-order valence-corrected chi connectivity index (χ3v) is 3.03. The molecule has 2 rings (SSSR count). The Kier molecular flexibility index (Phi) is 6.95. The molecule has 0 saturated carbocycles. The second-order valence-corrected chi connectivity index (χ2v) is 4.96. The number of halogens is 2. The molecule has 0 aliphatic heterocycles. The van der Waals surface area contributed by atoms with E-state index in [0.29, 0.717) is 18.9 Å². The van der Waals surface area contributed by atoms with Gasteiger partial charge in [0.15, 0.2) is 12.0 Å². The van der Waals surface area contributed by atoms with E-state index >= 15 is 0 Å². The van der Waals surface area contributed by atoms with Crippen molar-refractivity contribution in [2.45, 2.75) is 39.7 Å². The van der Waals surface area contributed by atoms with E-state index in [9.17, 15) is 13.6 Å². The summed E-state index contributed by atoms with van der Waals surface area (Å²) in [4.78, 5) is 12.1. The molecule has 0 fully saturated rings. The van der Waals surface area contributed by atoms with Crippen molar-refractivity contribution in [3.8, 4) is 0 Å². The van der Waals surface area contributed by atoms with E-state index in [1.807, 2.05) is 13.8 Å². The summed E-state index contributed by atoms with van der Waals surface area (Å²) in [5.74, 6) is -0.521. The molecule has 0 saturated heterocycles. The van der Waals surface area contributed by atoms with Crippen LogP contribution in [0.1, 0.15) is 24.3 Å². The molecule has 0 aromatic carbocycles. The van der Waals surface area contributed by atoms with Gasteiger partial charge in [-0.2, -0.15) is 5.10 Å². The van der Waals surface area contributed by atoms with Crippen LogP contribution in [0.15, 0.2) is 18.6 Å². The fourth-order valence-corrected chi connectivity index (χ4v) is 2.03. The minimum absolute atomic E-state index is 0.0772. The van der Waals surface area contributed by atoms with Crippen LogP contribution in [0.25, 0.3) is 0 Å². The predicted octanol–water partition coefficient (Wildman–Crippen LogP) is 1.39. The van der Waals surface area contributed by atoms with Gasteiger partial charge in [0.2, 0.25) is 0 Å². The Morgan fingerprint density at radius 2 is 1.92 bits per heavy atom. The topological polar surface area (TPSA) is 96.1 Å². The van der Waals surface area contributed by atoms with Crippen LogP contribution >= 0.6 is 0 Å². The van der Waals surface area contributed by atoms with Crippen molar-refractivity contribution in [3.05, 3.63) is 24.3 Å². The van der Waals surface area contributed by atoms with Crippen LogP contribution in [-0.2, 0) is 22.6 Å². The number of ether oxygens (including phenoxy) is 2. The van der Waals surface area contributed by atoms with E-state index < -0.39 is 25.2 Å². The Morgan fingerprint density at radius 1 is 1.20 bits per heavy atom. The molecule has 11 heteroatoms. The molecule has 0 aliphatic carbocycles. The number of rotatable bonds is 10. The molecule has 2 aromatic heterocycles. The van der Waals surface area contributed by atoms with Gasteiger partial charge in [-0.3, -0.25) is 9.48 Å². The van der Waals surface area contributed by atoms with Crippen molar-refractivity contribution < 1.29 is 23.0 Å². The summed E-state index contributed by atoms with van der Waals surface area (Å²) in [6.45, 7) is 4.40. The van der Waals surface area contributed by atoms with Crippen LogP contribution < -0.4 is 5.32 Å². The van der Waals surface area contributed by atoms with Gasteiger partial charge in [-0.25, -0.2) is 13.5 Å². The first kappa shape index (κ1) is 18.9. The van der Waals surface area contributed by atoms with Gasteiger partial charge in [-0.1, -0.05) is 5.21 Å².